The van der Waals surface area contributed by atoms with Gasteiger partial charge >= 0.3 is 0 Å². The molecule has 0 radical (unpaired) electrons. The largest absolute Gasteiger partial charge is 0.436 e. The van der Waals surface area contributed by atoms with Gasteiger partial charge in [0.15, 0.2) is 16.7 Å². The zero-order valence-electron chi connectivity index (χ0n) is 81.7. The van der Waals surface area contributed by atoms with E-state index in [0.29, 0.717) is 23.3 Å². The maximum absolute atomic E-state index is 14.1. The molecule has 22 aromatic carbocycles. The highest BCUT2D eigenvalue weighted by atomic mass is 19.1. The van der Waals surface area contributed by atoms with Gasteiger partial charge in [0.25, 0.3) is 0 Å². The molecule has 0 saturated carbocycles. The Bertz CT molecular complexity index is 9280. The van der Waals surface area contributed by atoms with Gasteiger partial charge in [0.05, 0.1) is 0 Å². The van der Waals surface area contributed by atoms with Crippen LogP contribution in [0.1, 0.15) is 115 Å². The summed E-state index contributed by atoms with van der Waals surface area (Å²) in [7, 11) is 0. The van der Waals surface area contributed by atoms with Crippen molar-refractivity contribution in [3.8, 4) is 112 Å². The summed E-state index contributed by atoms with van der Waals surface area (Å²) in [6.07, 6.45) is 0. The molecule has 3 heterocycles. The molecule has 7 heteroatoms. The monoisotopic (exact) mass is 1790 g/mol. The van der Waals surface area contributed by atoms with Gasteiger partial charge < -0.3 is 13.3 Å². The van der Waals surface area contributed by atoms with E-state index in [2.05, 4.69) is 362 Å². The molecule has 0 unspecified atom stereocenters. The predicted molar refractivity (Wildman–Crippen MR) is 582 cm³/mol. The van der Waals surface area contributed by atoms with Gasteiger partial charge in [-0.1, -0.05) is 285 Å². The SMILES string of the molecule is Cc1cc(C)c(-c2ccc3ccc4c(-c5c(C)cc(C)cc5C)cc(-c5nc6cc(C(C)(C)C)ccc6o5)c5ccc2c3c54)c(C)c1.Cc1cc(C)c(-c2ccc3ccc4c(-c5c(C)cc(C)cc5C)cc(-c5nc6ccccc6o5)c5ccc2c3c54)c(C)c1.Cc1ccc(-c2ccc3ccc4c(-c5ccc(C)cc5C)cc(-c5nc6cc(-c7cccc(F)c7)ccc6o5)c5ccc2c3c54)c(C)c1. The molecule has 0 aliphatic rings. The van der Waals surface area contributed by atoms with Crippen LogP contribution in [0.3, 0.4) is 0 Å². The molecule has 0 saturated heterocycles. The molecule has 0 N–H and O–H groups in total. The van der Waals surface area contributed by atoms with Crippen LogP contribution in [0.25, 0.3) is 243 Å². The van der Waals surface area contributed by atoms with Crippen molar-refractivity contribution in [2.75, 3.05) is 0 Å². The van der Waals surface area contributed by atoms with Crippen molar-refractivity contribution in [2.24, 2.45) is 0 Å². The first-order valence-corrected chi connectivity index (χ1v) is 48.2. The molecule has 670 valence electrons. The first kappa shape index (κ1) is 86.4. The molecule has 0 bridgehead atoms. The molecule has 3 aromatic heterocycles. The van der Waals surface area contributed by atoms with Crippen LogP contribution in [0.15, 0.2) is 311 Å². The summed E-state index contributed by atoms with van der Waals surface area (Å²) in [5, 5.41) is 22.3. The molecule has 0 amide bonds. The average Bonchev–Trinajstić information content (AvgIpc) is 0.881. The van der Waals surface area contributed by atoms with Crippen molar-refractivity contribution >= 4 is 130 Å². The maximum Gasteiger partial charge on any atom is 0.227 e. The topological polar surface area (TPSA) is 78.1 Å². The van der Waals surface area contributed by atoms with E-state index < -0.39 is 0 Å². The molecule has 138 heavy (non-hydrogen) atoms. The quantitative estimate of drug-likeness (QED) is 0.127. The molecule has 0 fully saturated rings. The molecule has 0 spiro atoms. The van der Waals surface area contributed by atoms with Crippen LogP contribution < -0.4 is 0 Å². The third-order valence-corrected chi connectivity index (χ3v) is 29.3. The highest BCUT2D eigenvalue weighted by Gasteiger charge is 2.30. The Morgan fingerprint density at radius 2 is 0.522 bits per heavy atom. The lowest BCUT2D eigenvalue weighted by molar-refractivity contribution is 0.590. The van der Waals surface area contributed by atoms with Crippen LogP contribution in [0.2, 0.25) is 0 Å². The van der Waals surface area contributed by atoms with Gasteiger partial charge in [0.2, 0.25) is 17.7 Å². The summed E-state index contributed by atoms with van der Waals surface area (Å²) in [5.74, 6) is 1.63. The van der Waals surface area contributed by atoms with Crippen molar-refractivity contribution in [2.45, 2.75) is 137 Å². The zero-order valence-corrected chi connectivity index (χ0v) is 81.7. The van der Waals surface area contributed by atoms with Crippen molar-refractivity contribution < 1.29 is 17.6 Å². The van der Waals surface area contributed by atoms with Crippen LogP contribution in [0, 0.1) is 117 Å². The Kier molecular flexibility index (Phi) is 20.5. The normalized spacial score (nSPS) is 12.1. The Balaban J connectivity index is 0.000000116. The summed E-state index contributed by atoms with van der Waals surface area (Å²) in [6, 6.07) is 107. The minimum atomic E-state index is -0.262. The fourth-order valence-electron chi connectivity index (χ4n) is 23.6. The van der Waals surface area contributed by atoms with Crippen molar-refractivity contribution in [3.05, 3.63) is 398 Å². The zero-order chi connectivity index (χ0) is 95.2. The van der Waals surface area contributed by atoms with Crippen molar-refractivity contribution in [1.82, 2.24) is 15.0 Å². The van der Waals surface area contributed by atoms with Gasteiger partial charge in [0.1, 0.15) is 22.4 Å². The second kappa shape index (κ2) is 32.8. The van der Waals surface area contributed by atoms with Gasteiger partial charge in [-0.3, -0.25) is 0 Å². The lowest BCUT2D eigenvalue weighted by atomic mass is 9.82. The average molecular weight is 1790 g/mol. The number of oxazole rings is 3. The smallest absolute Gasteiger partial charge is 0.227 e. The number of nitrogens with zero attached hydrogens (tertiary/aromatic N) is 3. The summed E-state index contributed by atoms with van der Waals surface area (Å²) in [4.78, 5) is 15.2. The van der Waals surface area contributed by atoms with E-state index in [-0.39, 0.29) is 11.2 Å². The maximum atomic E-state index is 14.1. The summed E-state index contributed by atoms with van der Waals surface area (Å²) < 4.78 is 33.6. The Labute approximate surface area is 804 Å². The molecule has 25 aromatic rings. The second-order valence-electron chi connectivity index (χ2n) is 40.4. The fourth-order valence-corrected chi connectivity index (χ4v) is 23.6. The first-order valence-electron chi connectivity index (χ1n) is 48.2. The number of hydrogen-bond donors (Lipinski definition) is 0. The summed E-state index contributed by atoms with van der Waals surface area (Å²) >= 11 is 0. The van der Waals surface area contributed by atoms with Gasteiger partial charge in [-0.05, 0) is 419 Å². The number of aromatic nitrogens is 3. The van der Waals surface area contributed by atoms with E-state index in [0.717, 1.165) is 66.5 Å². The molecule has 6 nitrogen and oxygen atoms in total. The number of aryl methyl sites for hydroxylation is 16. The third-order valence-electron chi connectivity index (χ3n) is 29.3. The highest BCUT2D eigenvalue weighted by Crippen LogP contribution is 2.54. The molecular formula is C131H106FN3O3. The van der Waals surface area contributed by atoms with Crippen LogP contribution in [-0.2, 0) is 5.41 Å². The van der Waals surface area contributed by atoms with Gasteiger partial charge in [-0.15, -0.1) is 0 Å². The van der Waals surface area contributed by atoms with Gasteiger partial charge in [0, 0.05) is 16.7 Å². The van der Waals surface area contributed by atoms with E-state index in [1.807, 2.05) is 48.5 Å². The number of rotatable bonds is 10. The van der Waals surface area contributed by atoms with Crippen LogP contribution in [-0.4, -0.2) is 15.0 Å². The number of para-hydroxylation sites is 2. The molecular weight excluding hydrogens is 1680 g/mol. The fraction of sp³-hybridized carbons (Fsp3) is 0.153. The first-order chi connectivity index (χ1) is 66.5. The number of benzene rings is 22. The van der Waals surface area contributed by atoms with Crippen LogP contribution in [0.5, 0.6) is 0 Å². The summed E-state index contributed by atoms with van der Waals surface area (Å²) in [6.45, 7) is 42.0. The van der Waals surface area contributed by atoms with Gasteiger partial charge in [-0.2, -0.15) is 0 Å². The minimum absolute atomic E-state index is 0.0276. The molecule has 0 atom stereocenters. The Hall–Kier alpha value is -15.7. The second-order valence-corrected chi connectivity index (χ2v) is 40.4. The van der Waals surface area contributed by atoms with Crippen molar-refractivity contribution in [1.29, 1.82) is 0 Å². The predicted octanol–water partition coefficient (Wildman–Crippen LogP) is 37.2. The number of fused-ring (bicyclic) bond motifs is 3. The molecule has 0 aliphatic heterocycles. The van der Waals surface area contributed by atoms with E-state index in [9.17, 15) is 4.39 Å². The van der Waals surface area contributed by atoms with Crippen LogP contribution >= 0.6 is 0 Å². The number of hydrogen-bond acceptors (Lipinski definition) is 6. The standard InChI is InChI=1S/C45H32FNO.C45H41NO.C41H33NO/c1-25-8-13-33(27(3)20-25)35-15-10-29-11-16-37-39(34-14-9-26(2)21-28(34)4)24-40(38-18-17-36(35)43(29)44(37)38)45-47-41-23-31(12-19-42(41)48-45)30-6-5-7-32(46)22-30;1-24-18-26(3)40(27(4)19-24)32-13-10-30-11-14-34-36(41-28(5)20-25(2)21-29(41)6)23-37(35-16-15-33(32)42(30)43(34)35)44-46-38-22-31(45(7,8)9)12-17-39(38)47-44;1-22-17-24(3)37(25(4)18-22)29-13-11-28-12-14-31-33(38-26(5)19-23(2)20-27(38)6)21-34(32-16-15-30(29)39(28)40(31)32)41-42-35-9-7-8-10-36(35)43-41/h5-24H,1-4H3;10-23H,1-9H3;7-21H,1-6H3. The number of halogens is 1. The van der Waals surface area contributed by atoms with E-state index in [1.54, 1.807) is 12.1 Å². The molecule has 25 rings (SSSR count). The van der Waals surface area contributed by atoms with E-state index >= 15 is 0 Å². The summed E-state index contributed by atoms with van der Waals surface area (Å²) in [5.41, 5.74) is 46.4. The highest BCUT2D eigenvalue weighted by molar-refractivity contribution is 6.33. The van der Waals surface area contributed by atoms with E-state index in [1.165, 1.54) is 253 Å². The lowest BCUT2D eigenvalue weighted by Crippen LogP contribution is -2.10. The van der Waals surface area contributed by atoms with Crippen LogP contribution in [0.4, 0.5) is 4.39 Å². The third kappa shape index (κ3) is 14.4. The van der Waals surface area contributed by atoms with E-state index in [4.69, 9.17) is 28.2 Å². The minimum Gasteiger partial charge on any atom is -0.436 e. The van der Waals surface area contributed by atoms with Crippen molar-refractivity contribution in [3.63, 3.8) is 0 Å². The Morgan fingerprint density at radius 3 is 0.935 bits per heavy atom. The lowest BCUT2D eigenvalue weighted by Gasteiger charge is -2.21. The van der Waals surface area contributed by atoms with Gasteiger partial charge in [-0.25, -0.2) is 19.3 Å². The molecule has 0 aliphatic carbocycles. The Morgan fingerprint density at radius 1 is 0.210 bits per heavy atom.